The van der Waals surface area contributed by atoms with Crippen molar-refractivity contribution in [2.24, 2.45) is 10.8 Å². The second kappa shape index (κ2) is 10.6. The number of carbonyl (C=O) groups excluding carboxylic acids is 1. The van der Waals surface area contributed by atoms with Gasteiger partial charge in [0.1, 0.15) is 6.04 Å². The number of azide groups is 1. The van der Waals surface area contributed by atoms with Gasteiger partial charge in [-0.3, -0.25) is 4.79 Å². The number of esters is 1. The SMILES string of the molecule is COC(=O)C(N)CSCCCCCN=[N+]=[N-]. The van der Waals surface area contributed by atoms with Crippen molar-refractivity contribution >= 4 is 17.7 Å². The van der Waals surface area contributed by atoms with Crippen molar-refractivity contribution in [1.82, 2.24) is 0 Å². The summed E-state index contributed by atoms with van der Waals surface area (Å²) < 4.78 is 4.51. The number of rotatable bonds is 9. The van der Waals surface area contributed by atoms with Crippen LogP contribution in [0.3, 0.4) is 0 Å². The molecule has 1 unspecified atom stereocenters. The number of carbonyl (C=O) groups is 1. The Morgan fingerprint density at radius 3 is 2.94 bits per heavy atom. The highest BCUT2D eigenvalue weighted by molar-refractivity contribution is 7.99. The van der Waals surface area contributed by atoms with Gasteiger partial charge < -0.3 is 10.5 Å². The minimum Gasteiger partial charge on any atom is -0.468 e. The number of methoxy groups -OCH3 is 1. The highest BCUT2D eigenvalue weighted by atomic mass is 32.2. The highest BCUT2D eigenvalue weighted by Gasteiger charge is 2.12. The maximum atomic E-state index is 10.9. The maximum absolute atomic E-state index is 10.9. The number of nitrogens with two attached hydrogens (primary N) is 1. The van der Waals surface area contributed by atoms with E-state index in [-0.39, 0.29) is 5.97 Å². The normalized spacial score (nSPS) is 11.6. The number of hydrogen-bond donors (Lipinski definition) is 1. The summed E-state index contributed by atoms with van der Waals surface area (Å²) in [6.07, 6.45) is 2.98. The zero-order valence-electron chi connectivity index (χ0n) is 9.46. The minimum absolute atomic E-state index is 0.365. The van der Waals surface area contributed by atoms with E-state index < -0.39 is 6.04 Å². The van der Waals surface area contributed by atoms with Crippen LogP contribution in [-0.2, 0) is 9.53 Å². The Bertz CT molecular complexity index is 244. The van der Waals surface area contributed by atoms with Gasteiger partial charge in [0.2, 0.25) is 0 Å². The van der Waals surface area contributed by atoms with E-state index >= 15 is 0 Å². The van der Waals surface area contributed by atoms with Crippen LogP contribution in [0.25, 0.3) is 10.4 Å². The lowest BCUT2D eigenvalue weighted by Crippen LogP contribution is -2.33. The molecule has 0 fully saturated rings. The highest BCUT2D eigenvalue weighted by Crippen LogP contribution is 2.08. The van der Waals surface area contributed by atoms with Gasteiger partial charge in [0.15, 0.2) is 0 Å². The number of nitrogens with zero attached hydrogens (tertiary/aromatic N) is 3. The Morgan fingerprint density at radius 2 is 2.31 bits per heavy atom. The predicted octanol–water partition coefficient (Wildman–Crippen LogP) is 1.70. The molecule has 92 valence electrons. The fourth-order valence-corrected chi connectivity index (χ4v) is 2.00. The van der Waals surface area contributed by atoms with Crippen molar-refractivity contribution in [2.75, 3.05) is 25.2 Å². The van der Waals surface area contributed by atoms with E-state index in [2.05, 4.69) is 14.8 Å². The monoisotopic (exact) mass is 246 g/mol. The molecule has 0 aromatic carbocycles. The first-order valence-electron chi connectivity index (χ1n) is 5.14. The van der Waals surface area contributed by atoms with Crippen molar-refractivity contribution in [3.63, 3.8) is 0 Å². The Hall–Kier alpha value is -0.910. The summed E-state index contributed by atoms with van der Waals surface area (Å²) in [5, 5.41) is 3.44. The lowest BCUT2D eigenvalue weighted by molar-refractivity contribution is -0.141. The third-order valence-corrected chi connectivity index (χ3v) is 3.08. The molecule has 0 radical (unpaired) electrons. The summed E-state index contributed by atoms with van der Waals surface area (Å²) in [4.78, 5) is 13.6. The first kappa shape index (κ1) is 15.1. The second-order valence-electron chi connectivity index (χ2n) is 3.22. The molecule has 0 aliphatic rings. The standard InChI is InChI=1S/C9H18N4O2S/c1-15-9(14)8(10)7-16-6-4-2-3-5-12-13-11/h8H,2-7,10H2,1H3. The van der Waals surface area contributed by atoms with Crippen LogP contribution in [0.2, 0.25) is 0 Å². The van der Waals surface area contributed by atoms with Crippen LogP contribution in [-0.4, -0.2) is 37.2 Å². The Balaban J connectivity index is 3.26. The van der Waals surface area contributed by atoms with Crippen LogP contribution in [0.5, 0.6) is 0 Å². The molecule has 0 spiro atoms. The van der Waals surface area contributed by atoms with Gasteiger partial charge in [-0.05, 0) is 24.1 Å². The van der Waals surface area contributed by atoms with Crippen LogP contribution < -0.4 is 5.73 Å². The first-order chi connectivity index (χ1) is 7.72. The molecule has 0 bridgehead atoms. The van der Waals surface area contributed by atoms with Crippen LogP contribution in [0.15, 0.2) is 5.11 Å². The third kappa shape index (κ3) is 8.40. The number of unbranched alkanes of at least 4 members (excludes halogenated alkanes) is 2. The van der Waals surface area contributed by atoms with Crippen molar-refractivity contribution in [2.45, 2.75) is 25.3 Å². The van der Waals surface area contributed by atoms with Crippen LogP contribution >= 0.6 is 11.8 Å². The van der Waals surface area contributed by atoms with Gasteiger partial charge in [-0.2, -0.15) is 11.8 Å². The van der Waals surface area contributed by atoms with E-state index in [0.717, 1.165) is 25.0 Å². The second-order valence-corrected chi connectivity index (χ2v) is 4.37. The van der Waals surface area contributed by atoms with Gasteiger partial charge in [-0.1, -0.05) is 11.5 Å². The summed E-state index contributed by atoms with van der Waals surface area (Å²) in [5.41, 5.74) is 13.6. The van der Waals surface area contributed by atoms with Gasteiger partial charge in [0.25, 0.3) is 0 Å². The molecule has 0 aromatic rings. The third-order valence-electron chi connectivity index (χ3n) is 1.91. The van der Waals surface area contributed by atoms with Crippen LogP contribution in [0, 0.1) is 0 Å². The first-order valence-corrected chi connectivity index (χ1v) is 6.30. The van der Waals surface area contributed by atoms with Crippen LogP contribution in [0.4, 0.5) is 0 Å². The largest absolute Gasteiger partial charge is 0.468 e. The molecule has 0 aliphatic heterocycles. The van der Waals surface area contributed by atoms with Crippen LogP contribution in [0.1, 0.15) is 19.3 Å². The molecule has 0 aromatic heterocycles. The molecule has 16 heavy (non-hydrogen) atoms. The summed E-state index contributed by atoms with van der Waals surface area (Å²) >= 11 is 1.64. The van der Waals surface area contributed by atoms with E-state index in [1.807, 2.05) is 0 Å². The molecule has 1 atom stereocenters. The fourth-order valence-electron chi connectivity index (χ4n) is 1.04. The quantitative estimate of drug-likeness (QED) is 0.220. The Labute approximate surface area is 99.5 Å². The summed E-state index contributed by atoms with van der Waals surface area (Å²) in [7, 11) is 1.34. The maximum Gasteiger partial charge on any atom is 0.323 e. The zero-order valence-corrected chi connectivity index (χ0v) is 10.3. The van der Waals surface area contributed by atoms with Crippen molar-refractivity contribution in [3.05, 3.63) is 10.4 Å². The molecule has 0 heterocycles. The molecule has 0 saturated carbocycles. The summed E-state index contributed by atoms with van der Waals surface area (Å²) in [6.45, 7) is 0.558. The Morgan fingerprint density at radius 1 is 1.56 bits per heavy atom. The van der Waals surface area contributed by atoms with Crippen molar-refractivity contribution < 1.29 is 9.53 Å². The molecular formula is C9H18N4O2S. The van der Waals surface area contributed by atoms with Gasteiger partial charge in [0, 0.05) is 17.2 Å². The van der Waals surface area contributed by atoms with Gasteiger partial charge in [-0.15, -0.1) is 0 Å². The van der Waals surface area contributed by atoms with E-state index in [9.17, 15) is 4.79 Å². The van der Waals surface area contributed by atoms with E-state index in [1.165, 1.54) is 7.11 Å². The minimum atomic E-state index is -0.529. The molecule has 7 heteroatoms. The number of ether oxygens (including phenoxy) is 1. The van der Waals surface area contributed by atoms with E-state index in [4.69, 9.17) is 11.3 Å². The molecule has 2 N–H and O–H groups in total. The van der Waals surface area contributed by atoms with Gasteiger partial charge >= 0.3 is 5.97 Å². The lowest BCUT2D eigenvalue weighted by atomic mass is 10.2. The average molecular weight is 246 g/mol. The fraction of sp³-hybridized carbons (Fsp3) is 0.889. The molecule has 0 aliphatic carbocycles. The predicted molar refractivity (Wildman–Crippen MR) is 65.2 cm³/mol. The molecule has 0 amide bonds. The molecule has 6 nitrogen and oxygen atoms in total. The average Bonchev–Trinajstić information content (AvgIpc) is 2.31. The molecule has 0 saturated heterocycles. The molecule has 0 rings (SSSR count). The molecular weight excluding hydrogens is 228 g/mol. The summed E-state index contributed by atoms with van der Waals surface area (Å²) in [5.74, 6) is 1.18. The van der Waals surface area contributed by atoms with Gasteiger partial charge in [0.05, 0.1) is 7.11 Å². The van der Waals surface area contributed by atoms with Crippen molar-refractivity contribution in [3.8, 4) is 0 Å². The smallest absolute Gasteiger partial charge is 0.323 e. The summed E-state index contributed by atoms with van der Waals surface area (Å²) in [6, 6.07) is -0.529. The topological polar surface area (TPSA) is 101 Å². The van der Waals surface area contributed by atoms with Gasteiger partial charge in [-0.25, -0.2) is 0 Å². The lowest BCUT2D eigenvalue weighted by Gasteiger charge is -2.08. The number of thioether (sulfide) groups is 1. The zero-order chi connectivity index (χ0) is 12.2. The number of hydrogen-bond acceptors (Lipinski definition) is 5. The van der Waals surface area contributed by atoms with Crippen molar-refractivity contribution in [1.29, 1.82) is 0 Å². The van der Waals surface area contributed by atoms with E-state index in [0.29, 0.717) is 12.3 Å². The Kier molecular flexibility index (Phi) is 10.00. The van der Waals surface area contributed by atoms with E-state index in [1.54, 1.807) is 11.8 Å².